The Bertz CT molecular complexity index is 676. The largest absolute Gasteiger partial charge is 0.335 e. The van der Waals surface area contributed by atoms with Gasteiger partial charge >= 0.3 is 0 Å². The first-order valence-electron chi connectivity index (χ1n) is 5.37. The van der Waals surface area contributed by atoms with Crippen molar-refractivity contribution in [3.05, 3.63) is 58.5 Å². The Morgan fingerprint density at radius 3 is 2.75 bits per heavy atom. The maximum absolute atomic E-state index is 10.5. The molecule has 0 bridgehead atoms. The number of rotatable bonds is 4. The van der Waals surface area contributed by atoms with Crippen LogP contribution in [-0.2, 0) is 0 Å². The van der Waals surface area contributed by atoms with E-state index >= 15 is 0 Å². The molecule has 0 spiro atoms. The average molecular weight is 269 g/mol. The number of hydrogen-bond acceptors (Lipinski definition) is 7. The van der Waals surface area contributed by atoms with Gasteiger partial charge in [0, 0.05) is 18.3 Å². The SMILES string of the molecule is N#C/C(=N/Oc1ccc([N+](=O)[O-])cn1)c1ccccn1. The Kier molecular flexibility index (Phi) is 3.94. The van der Waals surface area contributed by atoms with Crippen molar-refractivity contribution >= 4 is 11.4 Å². The van der Waals surface area contributed by atoms with E-state index in [1.165, 1.54) is 18.3 Å². The summed E-state index contributed by atoms with van der Waals surface area (Å²) in [6, 6.07) is 9.38. The van der Waals surface area contributed by atoms with Crippen LogP contribution in [0.3, 0.4) is 0 Å². The third kappa shape index (κ3) is 3.11. The van der Waals surface area contributed by atoms with Crippen LogP contribution in [0.15, 0.2) is 47.9 Å². The third-order valence-corrected chi connectivity index (χ3v) is 2.18. The van der Waals surface area contributed by atoms with Crippen molar-refractivity contribution in [2.75, 3.05) is 0 Å². The van der Waals surface area contributed by atoms with Crippen LogP contribution in [0, 0.1) is 21.4 Å². The minimum Gasteiger partial charge on any atom is -0.335 e. The standard InChI is InChI=1S/C12H7N5O3/c13-7-11(10-3-1-2-6-14-10)16-20-12-5-4-9(8-15-12)17(18)19/h1-6,8H/b16-11-. The summed E-state index contributed by atoms with van der Waals surface area (Å²) >= 11 is 0. The van der Waals surface area contributed by atoms with Gasteiger partial charge < -0.3 is 4.84 Å². The molecule has 0 aliphatic heterocycles. The van der Waals surface area contributed by atoms with Crippen molar-refractivity contribution in [3.8, 4) is 11.9 Å². The summed E-state index contributed by atoms with van der Waals surface area (Å²) in [5, 5.41) is 23.0. The zero-order valence-electron chi connectivity index (χ0n) is 10.0. The highest BCUT2D eigenvalue weighted by Crippen LogP contribution is 2.13. The normalized spacial score (nSPS) is 10.7. The molecule has 8 nitrogen and oxygen atoms in total. The van der Waals surface area contributed by atoms with Crippen LogP contribution in [0.1, 0.15) is 5.69 Å². The zero-order valence-corrected chi connectivity index (χ0v) is 10.0. The van der Waals surface area contributed by atoms with E-state index in [1.807, 2.05) is 6.07 Å². The van der Waals surface area contributed by atoms with Gasteiger partial charge in [-0.15, -0.1) is 0 Å². The lowest BCUT2D eigenvalue weighted by Gasteiger charge is -1.98. The lowest BCUT2D eigenvalue weighted by atomic mass is 10.2. The van der Waals surface area contributed by atoms with Crippen LogP contribution in [0.5, 0.6) is 5.88 Å². The molecule has 0 radical (unpaired) electrons. The van der Waals surface area contributed by atoms with Gasteiger partial charge in [-0.05, 0) is 12.1 Å². The van der Waals surface area contributed by atoms with Crippen LogP contribution in [-0.4, -0.2) is 20.6 Å². The van der Waals surface area contributed by atoms with Gasteiger partial charge in [-0.1, -0.05) is 11.2 Å². The van der Waals surface area contributed by atoms with Crippen LogP contribution in [0.25, 0.3) is 0 Å². The van der Waals surface area contributed by atoms with Gasteiger partial charge in [-0.3, -0.25) is 15.1 Å². The predicted molar refractivity (Wildman–Crippen MR) is 67.9 cm³/mol. The average Bonchev–Trinajstić information content (AvgIpc) is 2.49. The molecule has 0 fully saturated rings. The van der Waals surface area contributed by atoms with E-state index in [-0.39, 0.29) is 17.3 Å². The summed E-state index contributed by atoms with van der Waals surface area (Å²) < 4.78 is 0. The van der Waals surface area contributed by atoms with E-state index in [9.17, 15) is 10.1 Å². The second-order valence-corrected chi connectivity index (χ2v) is 3.47. The van der Waals surface area contributed by atoms with Crippen molar-refractivity contribution in [3.63, 3.8) is 0 Å². The van der Waals surface area contributed by atoms with Gasteiger partial charge in [0.25, 0.3) is 5.69 Å². The Hall–Kier alpha value is -3.34. The van der Waals surface area contributed by atoms with Crippen molar-refractivity contribution in [2.24, 2.45) is 5.16 Å². The first kappa shape index (κ1) is 13.1. The van der Waals surface area contributed by atoms with Gasteiger partial charge in [0.2, 0.25) is 11.6 Å². The smallest absolute Gasteiger partial charge is 0.287 e. The topological polar surface area (TPSA) is 114 Å². The Labute approximate surface area is 113 Å². The fraction of sp³-hybridized carbons (Fsp3) is 0. The molecule has 8 heteroatoms. The van der Waals surface area contributed by atoms with Crippen molar-refractivity contribution in [2.45, 2.75) is 0 Å². The molecular weight excluding hydrogens is 262 g/mol. The lowest BCUT2D eigenvalue weighted by Crippen LogP contribution is -2.02. The fourth-order valence-corrected chi connectivity index (χ4v) is 1.25. The third-order valence-electron chi connectivity index (χ3n) is 2.18. The number of nitrogens with zero attached hydrogens (tertiary/aromatic N) is 5. The molecular formula is C12H7N5O3. The number of nitro groups is 1. The quantitative estimate of drug-likeness (QED) is 0.474. The molecule has 0 atom stereocenters. The minimum atomic E-state index is -0.575. The van der Waals surface area contributed by atoms with Crippen LogP contribution in [0.2, 0.25) is 0 Å². The summed E-state index contributed by atoms with van der Waals surface area (Å²) in [7, 11) is 0. The highest BCUT2D eigenvalue weighted by atomic mass is 16.6. The first-order valence-corrected chi connectivity index (χ1v) is 5.37. The lowest BCUT2D eigenvalue weighted by molar-refractivity contribution is -0.385. The van der Waals surface area contributed by atoms with Crippen molar-refractivity contribution < 1.29 is 9.76 Å². The Morgan fingerprint density at radius 2 is 2.20 bits per heavy atom. The highest BCUT2D eigenvalue weighted by Gasteiger charge is 2.07. The van der Waals surface area contributed by atoms with Crippen LogP contribution in [0.4, 0.5) is 5.69 Å². The minimum absolute atomic E-state index is 0.0225. The predicted octanol–water partition coefficient (Wildman–Crippen LogP) is 1.69. The molecule has 0 aliphatic carbocycles. The monoisotopic (exact) mass is 269 g/mol. The second-order valence-electron chi connectivity index (χ2n) is 3.47. The van der Waals surface area contributed by atoms with Crippen LogP contribution >= 0.6 is 0 Å². The molecule has 2 aromatic rings. The number of hydrogen-bond donors (Lipinski definition) is 0. The Balaban J connectivity index is 2.15. The molecule has 0 unspecified atom stereocenters. The molecule has 0 aliphatic rings. The summed E-state index contributed by atoms with van der Waals surface area (Å²) in [6.07, 6.45) is 2.56. The van der Waals surface area contributed by atoms with Gasteiger partial charge in [0.1, 0.15) is 18.0 Å². The molecule has 0 saturated heterocycles. The number of nitriles is 1. The molecule has 2 aromatic heterocycles. The molecule has 2 heterocycles. The van der Waals surface area contributed by atoms with E-state index in [1.54, 1.807) is 18.2 Å². The first-order chi connectivity index (χ1) is 9.70. The van der Waals surface area contributed by atoms with E-state index in [0.717, 1.165) is 6.20 Å². The molecule has 20 heavy (non-hydrogen) atoms. The number of aromatic nitrogens is 2. The fourth-order valence-electron chi connectivity index (χ4n) is 1.25. The van der Waals surface area contributed by atoms with Crippen LogP contribution < -0.4 is 4.84 Å². The summed E-state index contributed by atoms with van der Waals surface area (Å²) in [5.74, 6) is 0.0410. The zero-order chi connectivity index (χ0) is 14.4. The van der Waals surface area contributed by atoms with Gasteiger partial charge in [-0.25, -0.2) is 4.98 Å². The molecule has 0 N–H and O–H groups in total. The molecule has 0 amide bonds. The van der Waals surface area contributed by atoms with E-state index < -0.39 is 4.92 Å². The van der Waals surface area contributed by atoms with E-state index in [4.69, 9.17) is 10.1 Å². The van der Waals surface area contributed by atoms with E-state index in [0.29, 0.717) is 5.69 Å². The van der Waals surface area contributed by atoms with Crippen molar-refractivity contribution in [1.29, 1.82) is 5.26 Å². The molecule has 0 saturated carbocycles. The van der Waals surface area contributed by atoms with Gasteiger partial charge in [0.05, 0.1) is 4.92 Å². The second kappa shape index (κ2) is 6.01. The number of oxime groups is 1. The molecule has 0 aromatic carbocycles. The maximum atomic E-state index is 10.5. The maximum Gasteiger partial charge on any atom is 0.287 e. The molecule has 98 valence electrons. The van der Waals surface area contributed by atoms with E-state index in [2.05, 4.69) is 15.1 Å². The molecule has 2 rings (SSSR count). The summed E-state index contributed by atoms with van der Waals surface area (Å²) in [5.41, 5.74) is 0.175. The summed E-state index contributed by atoms with van der Waals surface area (Å²) in [4.78, 5) is 22.5. The van der Waals surface area contributed by atoms with Crippen molar-refractivity contribution in [1.82, 2.24) is 9.97 Å². The van der Waals surface area contributed by atoms with Gasteiger partial charge in [-0.2, -0.15) is 5.26 Å². The number of pyridine rings is 2. The Morgan fingerprint density at radius 1 is 1.35 bits per heavy atom. The van der Waals surface area contributed by atoms with Gasteiger partial charge in [0.15, 0.2) is 0 Å². The summed E-state index contributed by atoms with van der Waals surface area (Å²) in [6.45, 7) is 0. The highest BCUT2D eigenvalue weighted by molar-refractivity contribution is 6.09.